The number of methoxy groups -OCH3 is 1. The molecule has 4 N–H and O–H groups in total. The van der Waals surface area contributed by atoms with Gasteiger partial charge >= 0.3 is 0 Å². The molecule has 0 amide bonds. The Kier molecular flexibility index (Phi) is 2.09. The van der Waals surface area contributed by atoms with Gasteiger partial charge in [0.05, 0.1) is 13.2 Å². The molecule has 1 aromatic carbocycles. The molecule has 0 radical (unpaired) electrons. The molecule has 0 saturated heterocycles. The lowest BCUT2D eigenvalue weighted by atomic mass is 10.1. The number of phenols is 1. The zero-order valence-corrected chi connectivity index (χ0v) is 7.90. The van der Waals surface area contributed by atoms with E-state index in [0.717, 1.165) is 5.56 Å². The van der Waals surface area contributed by atoms with Crippen molar-refractivity contribution in [2.45, 2.75) is 18.6 Å². The first-order chi connectivity index (χ1) is 6.63. The predicted octanol–water partition coefficient (Wildman–Crippen LogP) is 0.318. The third-order valence-electron chi connectivity index (χ3n) is 2.62. The third-order valence-corrected chi connectivity index (χ3v) is 2.62. The summed E-state index contributed by atoms with van der Waals surface area (Å²) in [6.45, 7) is 0. The summed E-state index contributed by atoms with van der Waals surface area (Å²) in [7, 11) is 1.49. The van der Waals surface area contributed by atoms with Crippen LogP contribution in [0.3, 0.4) is 0 Å². The Labute approximate surface area is 81.9 Å². The van der Waals surface area contributed by atoms with Crippen LogP contribution in [0.25, 0.3) is 0 Å². The SMILES string of the molecule is COc1cc2c(cc1O)C(O)C(N)C2. The Morgan fingerprint density at radius 2 is 2.21 bits per heavy atom. The van der Waals surface area contributed by atoms with Crippen LogP contribution >= 0.6 is 0 Å². The van der Waals surface area contributed by atoms with Crippen molar-refractivity contribution in [3.05, 3.63) is 23.3 Å². The van der Waals surface area contributed by atoms with Gasteiger partial charge in [-0.25, -0.2) is 0 Å². The fourth-order valence-corrected chi connectivity index (χ4v) is 1.84. The van der Waals surface area contributed by atoms with Crippen LogP contribution < -0.4 is 10.5 Å². The van der Waals surface area contributed by atoms with Crippen molar-refractivity contribution in [1.29, 1.82) is 0 Å². The van der Waals surface area contributed by atoms with Gasteiger partial charge in [-0.3, -0.25) is 0 Å². The average molecular weight is 195 g/mol. The molecule has 2 unspecified atom stereocenters. The van der Waals surface area contributed by atoms with Gasteiger partial charge in [0.2, 0.25) is 0 Å². The molecular formula is C10H13NO3. The molecule has 4 nitrogen and oxygen atoms in total. The summed E-state index contributed by atoms with van der Waals surface area (Å²) in [5, 5.41) is 19.2. The summed E-state index contributed by atoms with van der Waals surface area (Å²) in [4.78, 5) is 0. The number of nitrogens with two attached hydrogens (primary N) is 1. The van der Waals surface area contributed by atoms with Crippen molar-refractivity contribution in [1.82, 2.24) is 0 Å². The second-order valence-corrected chi connectivity index (χ2v) is 3.54. The Bertz CT molecular complexity index is 365. The Morgan fingerprint density at radius 1 is 1.50 bits per heavy atom. The van der Waals surface area contributed by atoms with Crippen LogP contribution in [0.5, 0.6) is 11.5 Å². The van der Waals surface area contributed by atoms with Crippen LogP contribution in [-0.4, -0.2) is 23.4 Å². The van der Waals surface area contributed by atoms with E-state index < -0.39 is 6.10 Å². The largest absolute Gasteiger partial charge is 0.504 e. The zero-order valence-electron chi connectivity index (χ0n) is 7.90. The first kappa shape index (κ1) is 9.30. The van der Waals surface area contributed by atoms with Crippen molar-refractivity contribution < 1.29 is 14.9 Å². The number of hydrogen-bond donors (Lipinski definition) is 3. The van der Waals surface area contributed by atoms with Crippen LogP contribution in [0, 0.1) is 0 Å². The van der Waals surface area contributed by atoms with Crippen LogP contribution in [0.1, 0.15) is 17.2 Å². The number of rotatable bonds is 1. The van der Waals surface area contributed by atoms with Gasteiger partial charge in [0.1, 0.15) is 0 Å². The highest BCUT2D eigenvalue weighted by Gasteiger charge is 2.29. The molecule has 1 aliphatic carbocycles. The Morgan fingerprint density at radius 3 is 2.86 bits per heavy atom. The maximum Gasteiger partial charge on any atom is 0.160 e. The molecule has 0 bridgehead atoms. The van der Waals surface area contributed by atoms with Gasteiger partial charge in [-0.2, -0.15) is 0 Å². The minimum atomic E-state index is -0.679. The van der Waals surface area contributed by atoms with Crippen molar-refractivity contribution in [3.63, 3.8) is 0 Å². The summed E-state index contributed by atoms with van der Waals surface area (Å²) < 4.78 is 4.97. The van der Waals surface area contributed by atoms with Gasteiger partial charge in [0.15, 0.2) is 11.5 Å². The summed E-state index contributed by atoms with van der Waals surface area (Å²) in [6, 6.07) is 2.96. The van der Waals surface area contributed by atoms with Crippen molar-refractivity contribution in [2.24, 2.45) is 5.73 Å². The fraction of sp³-hybridized carbons (Fsp3) is 0.400. The van der Waals surface area contributed by atoms with E-state index in [2.05, 4.69) is 0 Å². The molecule has 2 rings (SSSR count). The second-order valence-electron chi connectivity index (χ2n) is 3.54. The standard InChI is InChI=1S/C10H13NO3/c1-14-9-3-5-2-7(11)10(13)6(5)4-8(9)12/h3-4,7,10,12-13H,2,11H2,1H3. The fourth-order valence-electron chi connectivity index (χ4n) is 1.84. The topological polar surface area (TPSA) is 75.7 Å². The monoisotopic (exact) mass is 195 g/mol. The van der Waals surface area contributed by atoms with Gasteiger partial charge < -0.3 is 20.7 Å². The highest BCUT2D eigenvalue weighted by Crippen LogP contribution is 2.38. The molecule has 1 aromatic rings. The maximum atomic E-state index is 9.66. The van der Waals surface area contributed by atoms with E-state index >= 15 is 0 Å². The molecule has 76 valence electrons. The smallest absolute Gasteiger partial charge is 0.160 e. The molecule has 0 spiro atoms. The lowest BCUT2D eigenvalue weighted by Gasteiger charge is -2.09. The van der Waals surface area contributed by atoms with E-state index in [1.54, 1.807) is 6.07 Å². The molecule has 0 fully saturated rings. The number of aromatic hydroxyl groups is 1. The predicted molar refractivity (Wildman–Crippen MR) is 51.3 cm³/mol. The molecule has 0 saturated carbocycles. The van der Waals surface area contributed by atoms with Crippen molar-refractivity contribution in [3.8, 4) is 11.5 Å². The van der Waals surface area contributed by atoms with Crippen molar-refractivity contribution in [2.75, 3.05) is 7.11 Å². The highest BCUT2D eigenvalue weighted by molar-refractivity contribution is 5.50. The quantitative estimate of drug-likeness (QED) is 0.603. The van der Waals surface area contributed by atoms with E-state index in [1.807, 2.05) is 0 Å². The summed E-state index contributed by atoms with van der Waals surface area (Å²) in [6.07, 6.45) is -0.0607. The van der Waals surface area contributed by atoms with Crippen LogP contribution in [0.2, 0.25) is 0 Å². The number of benzene rings is 1. The van der Waals surface area contributed by atoms with E-state index in [4.69, 9.17) is 10.5 Å². The third kappa shape index (κ3) is 1.23. The number of hydrogen-bond acceptors (Lipinski definition) is 4. The van der Waals surface area contributed by atoms with Gasteiger partial charge in [0.25, 0.3) is 0 Å². The Hall–Kier alpha value is -1.26. The average Bonchev–Trinajstić information content (AvgIpc) is 2.43. The molecule has 0 aromatic heterocycles. The molecule has 0 heterocycles. The van der Waals surface area contributed by atoms with Crippen molar-refractivity contribution >= 4 is 0 Å². The molecule has 4 heteroatoms. The normalized spacial score (nSPS) is 24.8. The number of ether oxygens (including phenoxy) is 1. The first-order valence-corrected chi connectivity index (χ1v) is 4.47. The highest BCUT2D eigenvalue weighted by atomic mass is 16.5. The Balaban J connectivity index is 2.49. The number of aliphatic hydroxyl groups excluding tert-OH is 1. The van der Waals surface area contributed by atoms with Gasteiger partial charge in [-0.15, -0.1) is 0 Å². The van der Waals surface area contributed by atoms with E-state index in [9.17, 15) is 10.2 Å². The molecule has 1 aliphatic rings. The minimum Gasteiger partial charge on any atom is -0.504 e. The van der Waals surface area contributed by atoms with E-state index in [1.165, 1.54) is 13.2 Å². The van der Waals surface area contributed by atoms with Crippen LogP contribution in [0.15, 0.2) is 12.1 Å². The molecule has 14 heavy (non-hydrogen) atoms. The molecular weight excluding hydrogens is 182 g/mol. The molecule has 2 atom stereocenters. The summed E-state index contributed by atoms with van der Waals surface area (Å²) in [5.41, 5.74) is 7.35. The maximum absolute atomic E-state index is 9.66. The number of aliphatic hydroxyl groups is 1. The summed E-state index contributed by atoms with van der Waals surface area (Å²) >= 11 is 0. The second kappa shape index (κ2) is 3.15. The van der Waals surface area contributed by atoms with Gasteiger partial charge in [-0.1, -0.05) is 0 Å². The lowest BCUT2D eigenvalue weighted by molar-refractivity contribution is 0.159. The zero-order chi connectivity index (χ0) is 10.3. The number of phenolic OH excluding ortho intramolecular Hbond substituents is 1. The van der Waals surface area contributed by atoms with Gasteiger partial charge in [-0.05, 0) is 29.7 Å². The summed E-state index contributed by atoms with van der Waals surface area (Å²) in [5.74, 6) is 0.462. The number of fused-ring (bicyclic) bond motifs is 1. The minimum absolute atomic E-state index is 0.0411. The van der Waals surface area contributed by atoms with E-state index in [0.29, 0.717) is 17.7 Å². The molecule has 0 aliphatic heterocycles. The van der Waals surface area contributed by atoms with E-state index in [-0.39, 0.29) is 11.8 Å². The van der Waals surface area contributed by atoms with Crippen LogP contribution in [-0.2, 0) is 6.42 Å². The van der Waals surface area contributed by atoms with Crippen LogP contribution in [0.4, 0.5) is 0 Å². The lowest BCUT2D eigenvalue weighted by Crippen LogP contribution is -2.24. The van der Waals surface area contributed by atoms with Gasteiger partial charge in [0, 0.05) is 6.04 Å². The first-order valence-electron chi connectivity index (χ1n) is 4.47.